The second kappa shape index (κ2) is 7.99. The minimum Gasteiger partial charge on any atom is -0.393 e. The molecule has 3 heterocycles. The molecule has 0 bridgehead atoms. The maximum absolute atomic E-state index is 12.3. The monoisotopic (exact) mass is 435 g/mol. The van der Waals surface area contributed by atoms with Crippen LogP contribution >= 0.6 is 0 Å². The fraction of sp³-hybridized carbons (Fsp3) is 0.391. The lowest BCUT2D eigenvalue weighted by Crippen LogP contribution is -2.35. The van der Waals surface area contributed by atoms with Crippen molar-refractivity contribution in [3.05, 3.63) is 48.4 Å². The Balaban J connectivity index is 1.38. The molecule has 0 spiro atoms. The molecule has 1 saturated heterocycles. The van der Waals surface area contributed by atoms with Gasteiger partial charge in [0.05, 0.1) is 11.8 Å². The van der Waals surface area contributed by atoms with Crippen molar-refractivity contribution < 1.29 is 19.5 Å². The van der Waals surface area contributed by atoms with Gasteiger partial charge in [-0.3, -0.25) is 4.79 Å². The first-order valence-electron chi connectivity index (χ1n) is 10.8. The molecule has 5 rings (SSSR count). The van der Waals surface area contributed by atoms with Crippen LogP contribution in [0.4, 0.5) is 5.95 Å². The molecule has 1 aliphatic carbocycles. The zero-order chi connectivity index (χ0) is 22.3. The van der Waals surface area contributed by atoms with E-state index in [2.05, 4.69) is 20.4 Å². The molecule has 3 atom stereocenters. The van der Waals surface area contributed by atoms with Gasteiger partial charge >= 0.3 is 0 Å². The van der Waals surface area contributed by atoms with Crippen molar-refractivity contribution in [1.82, 2.24) is 20.0 Å². The van der Waals surface area contributed by atoms with Crippen molar-refractivity contribution in [2.45, 2.75) is 43.4 Å². The topological polar surface area (TPSA) is 125 Å². The third-order valence-electron chi connectivity index (χ3n) is 6.28. The summed E-state index contributed by atoms with van der Waals surface area (Å²) in [6, 6.07) is 11.3. The van der Waals surface area contributed by atoms with Crippen molar-refractivity contribution in [2.24, 2.45) is 0 Å². The number of anilines is 1. The third-order valence-corrected chi connectivity index (χ3v) is 6.28. The van der Waals surface area contributed by atoms with E-state index in [0.29, 0.717) is 24.6 Å². The molecule has 166 valence electrons. The lowest BCUT2D eigenvalue weighted by Gasteiger charge is -2.16. The molecule has 3 N–H and O–H groups in total. The molecule has 0 radical (unpaired) electrons. The number of aliphatic hydroxyl groups is 2. The number of likely N-dealkylation sites (tertiary alicyclic amines) is 1. The molecule has 2 aromatic heterocycles. The number of amides is 1. The van der Waals surface area contributed by atoms with E-state index in [0.717, 1.165) is 29.7 Å². The zero-order valence-electron chi connectivity index (χ0n) is 17.7. The third kappa shape index (κ3) is 3.74. The van der Waals surface area contributed by atoms with E-state index < -0.39 is 5.60 Å². The Kier molecular flexibility index (Phi) is 5.15. The quantitative estimate of drug-likeness (QED) is 0.557. The molecule has 32 heavy (non-hydrogen) atoms. The number of benzene rings is 1. The number of hydrogen-bond donors (Lipinski definition) is 3. The number of rotatable bonds is 5. The SMILES string of the molecule is CN1CC[C@@](O)(c2cc(-c3cccc(-c4ccnc(NC5CC[C@@H](O)C5)n4)c3)no2)C1=O. The van der Waals surface area contributed by atoms with E-state index in [9.17, 15) is 15.0 Å². The van der Waals surface area contributed by atoms with E-state index >= 15 is 0 Å². The summed E-state index contributed by atoms with van der Waals surface area (Å²) in [4.78, 5) is 22.8. The van der Waals surface area contributed by atoms with Crippen LogP contribution in [0, 0.1) is 0 Å². The van der Waals surface area contributed by atoms with E-state index in [1.165, 1.54) is 4.90 Å². The highest BCUT2D eigenvalue weighted by Gasteiger charge is 2.48. The zero-order valence-corrected chi connectivity index (χ0v) is 17.7. The maximum Gasteiger partial charge on any atom is 0.262 e. The predicted molar refractivity (Wildman–Crippen MR) is 116 cm³/mol. The summed E-state index contributed by atoms with van der Waals surface area (Å²) >= 11 is 0. The fourth-order valence-electron chi connectivity index (χ4n) is 4.39. The first kappa shape index (κ1) is 20.6. The van der Waals surface area contributed by atoms with E-state index in [1.807, 2.05) is 30.3 Å². The van der Waals surface area contributed by atoms with Crippen LogP contribution in [0.3, 0.4) is 0 Å². The van der Waals surface area contributed by atoms with E-state index in [1.54, 1.807) is 19.3 Å². The Morgan fingerprint density at radius 1 is 1.19 bits per heavy atom. The number of nitrogens with one attached hydrogen (secondary N) is 1. The summed E-state index contributed by atoms with van der Waals surface area (Å²) in [5.74, 6) is 0.297. The number of carbonyl (C=O) groups excluding carboxylic acids is 1. The van der Waals surface area contributed by atoms with Crippen LogP contribution in [0.5, 0.6) is 0 Å². The van der Waals surface area contributed by atoms with Gasteiger partial charge in [0.15, 0.2) is 5.76 Å². The largest absolute Gasteiger partial charge is 0.393 e. The maximum atomic E-state index is 12.3. The smallest absolute Gasteiger partial charge is 0.262 e. The summed E-state index contributed by atoms with van der Waals surface area (Å²) < 4.78 is 5.37. The minimum absolute atomic E-state index is 0.152. The summed E-state index contributed by atoms with van der Waals surface area (Å²) in [6.45, 7) is 0.463. The molecule has 9 nitrogen and oxygen atoms in total. The molecular weight excluding hydrogens is 410 g/mol. The van der Waals surface area contributed by atoms with Crippen molar-refractivity contribution in [2.75, 3.05) is 18.9 Å². The molecule has 1 unspecified atom stereocenters. The van der Waals surface area contributed by atoms with Crippen LogP contribution in [0.15, 0.2) is 47.1 Å². The standard InChI is InChI=1S/C23H25N5O4/c1-28-10-8-23(31,21(28)30)20-13-19(27-32-20)15-4-2-3-14(11-15)18-7-9-24-22(26-18)25-16-5-6-17(29)12-16/h2-4,7,9,11,13,16-17,29,31H,5-6,8,10,12H2,1H3,(H,24,25,26)/t16?,17-,23-/m1/s1. The van der Waals surface area contributed by atoms with Crippen LogP contribution < -0.4 is 5.32 Å². The second-order valence-corrected chi connectivity index (χ2v) is 8.57. The Hall–Kier alpha value is -3.30. The van der Waals surface area contributed by atoms with Gasteiger partial charge in [-0.15, -0.1) is 0 Å². The summed E-state index contributed by atoms with van der Waals surface area (Å²) in [7, 11) is 1.65. The van der Waals surface area contributed by atoms with E-state index in [-0.39, 0.29) is 30.2 Å². The Bertz CT molecular complexity index is 1150. The Morgan fingerprint density at radius 3 is 2.72 bits per heavy atom. The molecule has 3 aromatic rings. The number of aromatic nitrogens is 3. The highest BCUT2D eigenvalue weighted by molar-refractivity contribution is 5.87. The van der Waals surface area contributed by atoms with Gasteiger partial charge < -0.3 is 25.0 Å². The average Bonchev–Trinajstić information content (AvgIpc) is 3.52. The van der Waals surface area contributed by atoms with Crippen molar-refractivity contribution in [1.29, 1.82) is 0 Å². The lowest BCUT2D eigenvalue weighted by molar-refractivity contribution is -0.144. The molecular formula is C23H25N5O4. The van der Waals surface area contributed by atoms with Crippen LogP contribution in [-0.2, 0) is 10.4 Å². The van der Waals surface area contributed by atoms with Crippen LogP contribution in [0.25, 0.3) is 22.5 Å². The van der Waals surface area contributed by atoms with Gasteiger partial charge in [-0.2, -0.15) is 0 Å². The first-order valence-corrected chi connectivity index (χ1v) is 10.8. The Labute approximate surface area is 185 Å². The minimum atomic E-state index is -1.67. The highest BCUT2D eigenvalue weighted by Crippen LogP contribution is 2.35. The number of nitrogens with zero attached hydrogens (tertiary/aromatic N) is 4. The van der Waals surface area contributed by atoms with Gasteiger partial charge in [0.2, 0.25) is 11.5 Å². The highest BCUT2D eigenvalue weighted by atomic mass is 16.5. The molecule has 1 aliphatic heterocycles. The van der Waals surface area contributed by atoms with Gasteiger partial charge in [0, 0.05) is 49.4 Å². The molecule has 2 fully saturated rings. The normalized spacial score (nSPS) is 25.5. The molecule has 1 amide bonds. The number of likely N-dealkylation sites (N-methyl/N-ethyl adjacent to an activating group) is 1. The van der Waals surface area contributed by atoms with Crippen molar-refractivity contribution in [3.8, 4) is 22.5 Å². The van der Waals surface area contributed by atoms with E-state index in [4.69, 9.17) is 4.52 Å². The Morgan fingerprint density at radius 2 is 2.00 bits per heavy atom. The molecule has 1 aromatic carbocycles. The van der Waals surface area contributed by atoms with Crippen molar-refractivity contribution >= 4 is 11.9 Å². The first-order chi connectivity index (χ1) is 15.4. The predicted octanol–water partition coefficient (Wildman–Crippen LogP) is 2.17. The van der Waals surface area contributed by atoms with Gasteiger partial charge in [0.25, 0.3) is 5.91 Å². The average molecular weight is 435 g/mol. The molecule has 2 aliphatic rings. The number of hydrogen-bond acceptors (Lipinski definition) is 8. The van der Waals surface area contributed by atoms with Gasteiger partial charge in [0.1, 0.15) is 5.69 Å². The van der Waals surface area contributed by atoms with Crippen LogP contribution in [0.2, 0.25) is 0 Å². The van der Waals surface area contributed by atoms with Gasteiger partial charge in [-0.25, -0.2) is 9.97 Å². The van der Waals surface area contributed by atoms with Gasteiger partial charge in [-0.1, -0.05) is 23.4 Å². The summed E-state index contributed by atoms with van der Waals surface area (Å²) in [6.07, 6.45) is 4.08. The molecule has 9 heteroatoms. The molecule has 1 saturated carbocycles. The second-order valence-electron chi connectivity index (χ2n) is 8.57. The summed E-state index contributed by atoms with van der Waals surface area (Å²) in [5, 5.41) is 27.9. The van der Waals surface area contributed by atoms with Crippen LogP contribution in [0.1, 0.15) is 31.4 Å². The number of aliphatic hydroxyl groups excluding tert-OH is 1. The summed E-state index contributed by atoms with van der Waals surface area (Å²) in [5.41, 5.74) is 1.27. The van der Waals surface area contributed by atoms with Crippen LogP contribution in [-0.4, -0.2) is 61.9 Å². The van der Waals surface area contributed by atoms with Crippen molar-refractivity contribution in [3.63, 3.8) is 0 Å². The lowest BCUT2D eigenvalue weighted by atomic mass is 9.98. The number of carbonyl (C=O) groups is 1. The fourth-order valence-corrected chi connectivity index (χ4v) is 4.39. The van der Waals surface area contributed by atoms with Gasteiger partial charge in [-0.05, 0) is 31.4 Å².